The Kier molecular flexibility index (Phi) is 5.23. The summed E-state index contributed by atoms with van der Waals surface area (Å²) >= 11 is 6.04. The summed E-state index contributed by atoms with van der Waals surface area (Å²) in [5, 5.41) is 1.47. The molecule has 1 aliphatic heterocycles. The van der Waals surface area contributed by atoms with Gasteiger partial charge < -0.3 is 9.64 Å². The van der Waals surface area contributed by atoms with Crippen LogP contribution in [-0.2, 0) is 9.53 Å². The number of pyridine rings is 1. The van der Waals surface area contributed by atoms with Crippen molar-refractivity contribution in [3.63, 3.8) is 0 Å². The molecule has 6 heteroatoms. The summed E-state index contributed by atoms with van der Waals surface area (Å²) in [7, 11) is 0. The van der Waals surface area contributed by atoms with Crippen LogP contribution in [0.4, 0.5) is 0 Å². The van der Waals surface area contributed by atoms with Crippen molar-refractivity contribution in [2.75, 3.05) is 19.7 Å². The van der Waals surface area contributed by atoms with Gasteiger partial charge in [0.1, 0.15) is 0 Å². The molecule has 1 aromatic heterocycles. The van der Waals surface area contributed by atoms with Crippen LogP contribution < -0.4 is 0 Å². The van der Waals surface area contributed by atoms with E-state index in [9.17, 15) is 9.59 Å². The number of nitrogens with zero attached hydrogens (tertiary/aromatic N) is 2. The van der Waals surface area contributed by atoms with E-state index in [1.807, 2.05) is 25.1 Å². The standard InChI is InChI=1S/C19H21ClN2O3/c1-3-25-19(24)13-6-8-22(9-7-13)18(23)16-11-14-10-15(20)4-5-17(14)21-12(16)2/h4-5,10-11,13H,3,6-9H2,1-2H3. The van der Waals surface area contributed by atoms with E-state index in [2.05, 4.69) is 4.98 Å². The smallest absolute Gasteiger partial charge is 0.309 e. The lowest BCUT2D eigenvalue weighted by atomic mass is 9.96. The molecule has 2 heterocycles. The van der Waals surface area contributed by atoms with Gasteiger partial charge in [0, 0.05) is 23.5 Å². The number of aromatic nitrogens is 1. The molecule has 0 spiro atoms. The normalized spacial score (nSPS) is 15.4. The Labute approximate surface area is 151 Å². The first-order valence-corrected chi connectivity index (χ1v) is 8.90. The van der Waals surface area contributed by atoms with Crippen molar-refractivity contribution in [2.45, 2.75) is 26.7 Å². The second-order valence-corrected chi connectivity index (χ2v) is 6.71. The zero-order valence-corrected chi connectivity index (χ0v) is 15.2. The number of fused-ring (bicyclic) bond motifs is 1. The Balaban J connectivity index is 1.76. The average molecular weight is 361 g/mol. The number of aryl methyl sites for hydroxylation is 1. The lowest BCUT2D eigenvalue weighted by molar-refractivity contribution is -0.149. The molecule has 25 heavy (non-hydrogen) atoms. The second-order valence-electron chi connectivity index (χ2n) is 6.28. The molecule has 0 unspecified atom stereocenters. The molecule has 1 saturated heterocycles. The summed E-state index contributed by atoms with van der Waals surface area (Å²) in [4.78, 5) is 31.0. The van der Waals surface area contributed by atoms with Crippen molar-refractivity contribution in [1.82, 2.24) is 9.88 Å². The molecule has 0 N–H and O–H groups in total. The minimum atomic E-state index is -0.159. The summed E-state index contributed by atoms with van der Waals surface area (Å²) in [5.74, 6) is -0.319. The fourth-order valence-electron chi connectivity index (χ4n) is 3.21. The number of carbonyl (C=O) groups excluding carboxylic acids is 2. The molecule has 0 radical (unpaired) electrons. The van der Waals surface area contributed by atoms with Crippen molar-refractivity contribution < 1.29 is 14.3 Å². The van der Waals surface area contributed by atoms with Gasteiger partial charge in [0.25, 0.3) is 5.91 Å². The van der Waals surface area contributed by atoms with Crippen molar-refractivity contribution in [3.05, 3.63) is 40.5 Å². The molecular weight excluding hydrogens is 340 g/mol. The fraction of sp³-hybridized carbons (Fsp3) is 0.421. The van der Waals surface area contributed by atoms with Crippen molar-refractivity contribution in [2.24, 2.45) is 5.92 Å². The van der Waals surface area contributed by atoms with E-state index in [1.165, 1.54) is 0 Å². The molecule has 1 aromatic carbocycles. The Morgan fingerprint density at radius 1 is 1.28 bits per heavy atom. The predicted octanol–water partition coefficient (Wildman–Crippen LogP) is 3.61. The lowest BCUT2D eigenvalue weighted by Crippen LogP contribution is -2.41. The van der Waals surface area contributed by atoms with Crippen molar-refractivity contribution >= 4 is 34.4 Å². The first kappa shape index (κ1) is 17.7. The van der Waals surface area contributed by atoms with Gasteiger partial charge in [-0.1, -0.05) is 11.6 Å². The van der Waals surface area contributed by atoms with Crippen LogP contribution in [0.3, 0.4) is 0 Å². The molecule has 2 aromatic rings. The van der Waals surface area contributed by atoms with Crippen LogP contribution in [0.5, 0.6) is 0 Å². The lowest BCUT2D eigenvalue weighted by Gasteiger charge is -2.31. The minimum Gasteiger partial charge on any atom is -0.466 e. The van der Waals surface area contributed by atoms with Crippen LogP contribution in [0.25, 0.3) is 10.9 Å². The highest BCUT2D eigenvalue weighted by Crippen LogP contribution is 2.24. The van der Waals surface area contributed by atoms with Gasteiger partial charge in [-0.15, -0.1) is 0 Å². The van der Waals surface area contributed by atoms with Gasteiger partial charge in [-0.2, -0.15) is 0 Å². The largest absolute Gasteiger partial charge is 0.466 e. The number of benzene rings is 1. The summed E-state index contributed by atoms with van der Waals surface area (Å²) in [6, 6.07) is 7.30. The maximum absolute atomic E-state index is 12.9. The third-order valence-electron chi connectivity index (χ3n) is 4.60. The number of carbonyl (C=O) groups is 2. The van der Waals surface area contributed by atoms with Crippen LogP contribution >= 0.6 is 11.6 Å². The van der Waals surface area contributed by atoms with Gasteiger partial charge in [-0.3, -0.25) is 14.6 Å². The summed E-state index contributed by atoms with van der Waals surface area (Å²) in [6.45, 7) is 5.14. The molecule has 5 nitrogen and oxygen atoms in total. The van der Waals surface area contributed by atoms with Gasteiger partial charge in [-0.25, -0.2) is 0 Å². The second kappa shape index (κ2) is 7.40. The Hall–Kier alpha value is -2.14. The summed E-state index contributed by atoms with van der Waals surface area (Å²) < 4.78 is 5.08. The van der Waals surface area contributed by atoms with E-state index >= 15 is 0 Å². The maximum Gasteiger partial charge on any atom is 0.309 e. The SMILES string of the molecule is CCOC(=O)C1CCN(C(=O)c2cc3cc(Cl)ccc3nc2C)CC1. The predicted molar refractivity (Wildman–Crippen MR) is 96.8 cm³/mol. The third-order valence-corrected chi connectivity index (χ3v) is 4.83. The summed E-state index contributed by atoms with van der Waals surface area (Å²) in [5.41, 5.74) is 2.11. The Morgan fingerprint density at radius 2 is 2.00 bits per heavy atom. The van der Waals surface area contributed by atoms with Gasteiger partial charge >= 0.3 is 5.97 Å². The van der Waals surface area contributed by atoms with Crippen molar-refractivity contribution in [1.29, 1.82) is 0 Å². The first-order valence-electron chi connectivity index (χ1n) is 8.52. The Morgan fingerprint density at radius 3 is 2.68 bits per heavy atom. The fourth-order valence-corrected chi connectivity index (χ4v) is 3.39. The van der Waals surface area contributed by atoms with E-state index < -0.39 is 0 Å². The number of hydrogen-bond donors (Lipinski definition) is 0. The molecule has 1 fully saturated rings. The molecule has 132 valence electrons. The highest BCUT2D eigenvalue weighted by Gasteiger charge is 2.29. The number of halogens is 1. The number of amides is 1. The monoisotopic (exact) mass is 360 g/mol. The van der Waals surface area contributed by atoms with E-state index in [0.717, 1.165) is 10.9 Å². The van der Waals surface area contributed by atoms with E-state index in [4.69, 9.17) is 16.3 Å². The number of esters is 1. The number of piperidine rings is 1. The van der Waals surface area contributed by atoms with E-state index in [0.29, 0.717) is 48.8 Å². The molecule has 3 rings (SSSR count). The van der Waals surface area contributed by atoms with E-state index in [1.54, 1.807) is 17.9 Å². The number of rotatable bonds is 3. The number of likely N-dealkylation sites (tertiary alicyclic amines) is 1. The van der Waals surface area contributed by atoms with Crippen LogP contribution in [0.2, 0.25) is 5.02 Å². The number of ether oxygens (including phenoxy) is 1. The summed E-state index contributed by atoms with van der Waals surface area (Å²) in [6.07, 6.45) is 1.27. The van der Waals surface area contributed by atoms with Gasteiger partial charge in [-0.05, 0) is 51.0 Å². The van der Waals surface area contributed by atoms with Crippen LogP contribution in [0, 0.1) is 12.8 Å². The number of hydrogen-bond acceptors (Lipinski definition) is 4. The van der Waals surface area contributed by atoms with Gasteiger partial charge in [0.05, 0.1) is 29.3 Å². The van der Waals surface area contributed by atoms with Crippen LogP contribution in [0.1, 0.15) is 35.8 Å². The molecule has 0 saturated carbocycles. The van der Waals surface area contributed by atoms with E-state index in [-0.39, 0.29) is 17.8 Å². The quantitative estimate of drug-likeness (QED) is 0.784. The topological polar surface area (TPSA) is 59.5 Å². The zero-order chi connectivity index (χ0) is 18.0. The van der Waals surface area contributed by atoms with Gasteiger partial charge in [0.15, 0.2) is 0 Å². The maximum atomic E-state index is 12.9. The highest BCUT2D eigenvalue weighted by molar-refractivity contribution is 6.31. The molecule has 1 aliphatic rings. The molecular formula is C19H21ClN2O3. The zero-order valence-electron chi connectivity index (χ0n) is 14.4. The Bertz CT molecular complexity index is 814. The molecule has 0 bridgehead atoms. The average Bonchev–Trinajstić information content (AvgIpc) is 2.61. The molecule has 1 amide bonds. The third kappa shape index (κ3) is 3.76. The van der Waals surface area contributed by atoms with Gasteiger partial charge in [0.2, 0.25) is 0 Å². The first-order chi connectivity index (χ1) is 12.0. The molecule has 0 atom stereocenters. The molecule has 0 aliphatic carbocycles. The van der Waals surface area contributed by atoms with Crippen LogP contribution in [-0.4, -0.2) is 41.5 Å². The minimum absolute atomic E-state index is 0.0471. The highest BCUT2D eigenvalue weighted by atomic mass is 35.5. The van der Waals surface area contributed by atoms with Crippen molar-refractivity contribution in [3.8, 4) is 0 Å². The van der Waals surface area contributed by atoms with Crippen LogP contribution in [0.15, 0.2) is 24.3 Å².